The van der Waals surface area contributed by atoms with Crippen molar-refractivity contribution in [1.82, 2.24) is 0 Å². The average molecular weight is 469 g/mol. The van der Waals surface area contributed by atoms with E-state index in [4.69, 9.17) is 9.47 Å². The van der Waals surface area contributed by atoms with Gasteiger partial charge < -0.3 is 20.1 Å². The molecule has 172 valence electrons. The van der Waals surface area contributed by atoms with E-state index in [0.29, 0.717) is 11.3 Å². The topological polar surface area (TPSA) is 111 Å². The zero-order valence-corrected chi connectivity index (χ0v) is 19.2. The third-order valence-corrected chi connectivity index (χ3v) is 6.41. The monoisotopic (exact) mass is 468 g/mol. The Balaban J connectivity index is 1.80. The molecule has 0 aliphatic carbocycles. The quantitative estimate of drug-likeness (QED) is 0.522. The lowest BCUT2D eigenvalue weighted by molar-refractivity contribution is -0.113. The van der Waals surface area contributed by atoms with E-state index in [0.717, 1.165) is 5.56 Å². The number of rotatable bonds is 8. The van der Waals surface area contributed by atoms with Crippen molar-refractivity contribution in [2.45, 2.75) is 11.8 Å². The van der Waals surface area contributed by atoms with E-state index >= 15 is 0 Å². The highest BCUT2D eigenvalue weighted by molar-refractivity contribution is 7.92. The van der Waals surface area contributed by atoms with Gasteiger partial charge in [-0.1, -0.05) is 35.9 Å². The Morgan fingerprint density at radius 3 is 1.91 bits per heavy atom. The molecule has 3 rings (SSSR count). The summed E-state index contributed by atoms with van der Waals surface area (Å²) < 4.78 is 35.8. The van der Waals surface area contributed by atoms with Crippen LogP contribution >= 0.6 is 0 Å². The van der Waals surface area contributed by atoms with Crippen LogP contribution < -0.4 is 20.1 Å². The molecule has 0 aromatic heterocycles. The summed E-state index contributed by atoms with van der Waals surface area (Å²) in [5, 5.41) is 5.29. The highest BCUT2D eigenvalue weighted by Crippen LogP contribution is 2.36. The van der Waals surface area contributed by atoms with Crippen LogP contribution in [0.2, 0.25) is 0 Å². The fourth-order valence-electron chi connectivity index (χ4n) is 3.06. The van der Waals surface area contributed by atoms with E-state index in [2.05, 4.69) is 10.6 Å². The molecule has 0 aliphatic heterocycles. The van der Waals surface area contributed by atoms with Crippen LogP contribution in [0.1, 0.15) is 15.9 Å². The van der Waals surface area contributed by atoms with Crippen LogP contribution in [0, 0.1) is 6.92 Å². The molecule has 2 N–H and O–H groups in total. The zero-order chi connectivity index (χ0) is 24.0. The van der Waals surface area contributed by atoms with Gasteiger partial charge in [-0.3, -0.25) is 9.59 Å². The first kappa shape index (κ1) is 23.8. The lowest BCUT2D eigenvalue weighted by atomic mass is 10.2. The second kappa shape index (κ2) is 10.2. The van der Waals surface area contributed by atoms with Gasteiger partial charge in [0.25, 0.3) is 5.91 Å². The lowest BCUT2D eigenvalue weighted by Gasteiger charge is -2.16. The van der Waals surface area contributed by atoms with Crippen molar-refractivity contribution in [3.8, 4) is 11.5 Å². The molecule has 2 amide bonds. The van der Waals surface area contributed by atoms with Crippen LogP contribution in [-0.4, -0.2) is 40.2 Å². The number of anilines is 2. The van der Waals surface area contributed by atoms with E-state index in [1.165, 1.54) is 38.5 Å². The Bertz CT molecular complexity index is 1260. The van der Waals surface area contributed by atoms with Gasteiger partial charge in [0.2, 0.25) is 5.91 Å². The van der Waals surface area contributed by atoms with Gasteiger partial charge in [0.15, 0.2) is 9.84 Å². The van der Waals surface area contributed by atoms with Crippen molar-refractivity contribution < 1.29 is 27.5 Å². The van der Waals surface area contributed by atoms with Crippen molar-refractivity contribution in [2.24, 2.45) is 0 Å². The molecule has 33 heavy (non-hydrogen) atoms. The molecule has 0 saturated heterocycles. The molecule has 0 bridgehead atoms. The number of amides is 2. The third-order valence-electron chi connectivity index (χ3n) is 4.78. The molecule has 0 spiro atoms. The van der Waals surface area contributed by atoms with Crippen molar-refractivity contribution in [1.29, 1.82) is 0 Å². The summed E-state index contributed by atoms with van der Waals surface area (Å²) in [5.74, 6) is -1.35. The molecule has 9 heteroatoms. The van der Waals surface area contributed by atoms with Gasteiger partial charge in [0, 0.05) is 17.7 Å². The zero-order valence-electron chi connectivity index (χ0n) is 18.4. The molecular formula is C24H24N2O6S. The molecular weight excluding hydrogens is 444 g/mol. The van der Waals surface area contributed by atoms with Gasteiger partial charge >= 0.3 is 0 Å². The first-order chi connectivity index (χ1) is 15.7. The van der Waals surface area contributed by atoms with Gasteiger partial charge in [-0.15, -0.1) is 0 Å². The number of nitrogens with one attached hydrogen (secondary N) is 2. The minimum absolute atomic E-state index is 0.0618. The Labute approximate surface area is 192 Å². The largest absolute Gasteiger partial charge is 0.494 e. The summed E-state index contributed by atoms with van der Waals surface area (Å²) >= 11 is 0. The number of hydrogen-bond donors (Lipinski definition) is 2. The van der Waals surface area contributed by atoms with Crippen molar-refractivity contribution in [3.63, 3.8) is 0 Å². The fraction of sp³-hybridized carbons (Fsp3) is 0.167. The van der Waals surface area contributed by atoms with Crippen LogP contribution in [0.5, 0.6) is 11.5 Å². The smallest absolute Gasteiger partial charge is 0.255 e. The number of benzene rings is 3. The number of hydrogen-bond acceptors (Lipinski definition) is 6. The summed E-state index contributed by atoms with van der Waals surface area (Å²) in [5.41, 5.74) is 1.90. The summed E-state index contributed by atoms with van der Waals surface area (Å²) in [4.78, 5) is 25.1. The van der Waals surface area contributed by atoms with Gasteiger partial charge in [0.1, 0.15) is 17.3 Å². The Kier molecular flexibility index (Phi) is 7.34. The molecule has 0 heterocycles. The summed E-state index contributed by atoms with van der Waals surface area (Å²) in [6.07, 6.45) is 0. The molecule has 0 atom stereocenters. The van der Waals surface area contributed by atoms with Crippen LogP contribution in [0.3, 0.4) is 0 Å². The average Bonchev–Trinajstić information content (AvgIpc) is 2.80. The Morgan fingerprint density at radius 2 is 1.36 bits per heavy atom. The van der Waals surface area contributed by atoms with E-state index in [1.807, 2.05) is 6.92 Å². The predicted molar refractivity (Wildman–Crippen MR) is 126 cm³/mol. The molecule has 0 fully saturated rings. The molecule has 0 saturated carbocycles. The first-order valence-corrected chi connectivity index (χ1v) is 11.6. The molecule has 0 aliphatic rings. The highest BCUT2D eigenvalue weighted by atomic mass is 32.2. The Hall–Kier alpha value is -3.85. The second-order valence-corrected chi connectivity index (χ2v) is 9.18. The van der Waals surface area contributed by atoms with Crippen molar-refractivity contribution in [2.75, 3.05) is 30.6 Å². The maximum Gasteiger partial charge on any atom is 0.255 e. The normalized spacial score (nSPS) is 10.9. The maximum absolute atomic E-state index is 12.6. The lowest BCUT2D eigenvalue weighted by Crippen LogP contribution is -2.23. The van der Waals surface area contributed by atoms with Gasteiger partial charge in [-0.05, 0) is 31.2 Å². The fourth-order valence-corrected chi connectivity index (χ4v) is 4.20. The molecule has 0 radical (unpaired) electrons. The molecule has 3 aromatic carbocycles. The van der Waals surface area contributed by atoms with Crippen LogP contribution in [0.4, 0.5) is 11.4 Å². The van der Waals surface area contributed by atoms with E-state index in [1.54, 1.807) is 42.5 Å². The van der Waals surface area contributed by atoms with Gasteiger partial charge in [0.05, 0.1) is 30.5 Å². The van der Waals surface area contributed by atoms with Gasteiger partial charge in [-0.2, -0.15) is 0 Å². The summed E-state index contributed by atoms with van der Waals surface area (Å²) in [6, 6.07) is 17.8. The van der Waals surface area contributed by atoms with E-state index < -0.39 is 21.5 Å². The highest BCUT2D eigenvalue weighted by Gasteiger charge is 2.21. The van der Waals surface area contributed by atoms with Crippen LogP contribution in [0.15, 0.2) is 71.6 Å². The summed E-state index contributed by atoms with van der Waals surface area (Å²) in [7, 11) is -1.03. The summed E-state index contributed by atoms with van der Waals surface area (Å²) in [6.45, 7) is 1.84. The number of carbonyl (C=O) groups excluding carboxylic acids is 2. The standard InChI is InChI=1S/C24H24N2O6S/c1-16-9-11-18(12-10-16)33(29,30)15-23(27)25-19-13-22(32-3)20(14-21(19)31-2)26-24(28)17-7-5-4-6-8-17/h4-14H,15H2,1-3H3,(H,25,27)(H,26,28). The SMILES string of the molecule is COc1cc(NC(=O)c2ccccc2)c(OC)cc1NC(=O)CS(=O)(=O)c1ccc(C)cc1. The van der Waals surface area contributed by atoms with Crippen LogP contribution in [-0.2, 0) is 14.6 Å². The molecule has 3 aromatic rings. The third kappa shape index (κ3) is 5.89. The van der Waals surface area contributed by atoms with Crippen LogP contribution in [0.25, 0.3) is 0 Å². The maximum atomic E-state index is 12.6. The van der Waals surface area contributed by atoms with Crippen molar-refractivity contribution >= 4 is 33.0 Å². The number of methoxy groups -OCH3 is 2. The molecule has 8 nitrogen and oxygen atoms in total. The molecule has 0 unspecified atom stereocenters. The minimum atomic E-state index is -3.83. The van der Waals surface area contributed by atoms with Gasteiger partial charge in [-0.25, -0.2) is 8.42 Å². The Morgan fingerprint density at radius 1 is 0.818 bits per heavy atom. The minimum Gasteiger partial charge on any atom is -0.494 e. The number of ether oxygens (including phenoxy) is 2. The first-order valence-electron chi connectivity index (χ1n) is 9.95. The second-order valence-electron chi connectivity index (χ2n) is 7.19. The number of aryl methyl sites for hydroxylation is 1. The predicted octanol–water partition coefficient (Wildman–Crippen LogP) is 3.68. The van der Waals surface area contributed by atoms with E-state index in [-0.39, 0.29) is 28.0 Å². The number of sulfone groups is 1. The number of carbonyl (C=O) groups is 2. The van der Waals surface area contributed by atoms with Crippen molar-refractivity contribution in [3.05, 3.63) is 77.9 Å². The van der Waals surface area contributed by atoms with E-state index in [9.17, 15) is 18.0 Å².